The first-order valence-corrected chi connectivity index (χ1v) is 9.04. The maximum atomic E-state index is 13.5. The SMILES string of the molecule is O=C[C@H]1C[C@]2(CO1)OC2N1CCc2ccccc2[C@@H]1c1ccc(F)cc1. The predicted molar refractivity (Wildman–Crippen MR) is 93.1 cm³/mol. The van der Waals surface area contributed by atoms with Crippen molar-refractivity contribution in [3.8, 4) is 0 Å². The van der Waals surface area contributed by atoms with Crippen molar-refractivity contribution in [1.82, 2.24) is 4.90 Å². The highest BCUT2D eigenvalue weighted by Crippen LogP contribution is 2.51. The third-order valence-electron chi connectivity index (χ3n) is 5.79. The molecule has 0 saturated carbocycles. The van der Waals surface area contributed by atoms with Crippen LogP contribution in [0.2, 0.25) is 0 Å². The van der Waals surface area contributed by atoms with E-state index in [1.807, 2.05) is 18.2 Å². The lowest BCUT2D eigenvalue weighted by atomic mass is 9.87. The predicted octanol–water partition coefficient (Wildman–Crippen LogP) is 2.86. The third kappa shape index (κ3) is 2.50. The quantitative estimate of drug-likeness (QED) is 0.629. The van der Waals surface area contributed by atoms with Crippen molar-refractivity contribution < 1.29 is 18.7 Å². The van der Waals surface area contributed by atoms with Gasteiger partial charge in [0.2, 0.25) is 0 Å². The average Bonchev–Trinajstić information content (AvgIpc) is 3.21. The largest absolute Gasteiger partial charge is 0.367 e. The number of aldehydes is 1. The molecule has 3 aliphatic heterocycles. The Morgan fingerprint density at radius 2 is 1.96 bits per heavy atom. The number of carbonyl (C=O) groups excluding carboxylic acids is 1. The number of carbonyl (C=O) groups is 1. The smallest absolute Gasteiger partial charge is 0.148 e. The zero-order chi connectivity index (χ0) is 17.7. The molecule has 2 fully saturated rings. The summed E-state index contributed by atoms with van der Waals surface area (Å²) >= 11 is 0. The van der Waals surface area contributed by atoms with Crippen LogP contribution in [-0.4, -0.2) is 42.3 Å². The van der Waals surface area contributed by atoms with Crippen LogP contribution in [0.1, 0.15) is 29.2 Å². The molecule has 4 atom stereocenters. The molecule has 5 heteroatoms. The van der Waals surface area contributed by atoms with Crippen LogP contribution in [0.5, 0.6) is 0 Å². The maximum Gasteiger partial charge on any atom is 0.148 e. The van der Waals surface area contributed by atoms with Gasteiger partial charge < -0.3 is 14.3 Å². The van der Waals surface area contributed by atoms with E-state index in [2.05, 4.69) is 23.1 Å². The molecule has 0 aliphatic carbocycles. The van der Waals surface area contributed by atoms with Crippen LogP contribution < -0.4 is 0 Å². The number of fused-ring (bicyclic) bond motifs is 1. The van der Waals surface area contributed by atoms with E-state index in [4.69, 9.17) is 9.47 Å². The molecule has 0 bridgehead atoms. The van der Waals surface area contributed by atoms with E-state index in [0.717, 1.165) is 24.8 Å². The summed E-state index contributed by atoms with van der Waals surface area (Å²) in [6.45, 7) is 1.31. The van der Waals surface area contributed by atoms with Crippen molar-refractivity contribution in [2.24, 2.45) is 0 Å². The molecule has 5 rings (SSSR count). The molecule has 3 aliphatic rings. The number of hydrogen-bond acceptors (Lipinski definition) is 4. The van der Waals surface area contributed by atoms with Crippen LogP contribution in [0.25, 0.3) is 0 Å². The van der Waals surface area contributed by atoms with Gasteiger partial charge in [-0.2, -0.15) is 0 Å². The van der Waals surface area contributed by atoms with Crippen LogP contribution in [0.4, 0.5) is 4.39 Å². The number of hydrogen-bond donors (Lipinski definition) is 0. The summed E-state index contributed by atoms with van der Waals surface area (Å²) in [5.74, 6) is -0.235. The monoisotopic (exact) mass is 353 g/mol. The van der Waals surface area contributed by atoms with Gasteiger partial charge in [0.25, 0.3) is 0 Å². The number of epoxide rings is 1. The molecule has 2 aromatic rings. The summed E-state index contributed by atoms with van der Waals surface area (Å²) in [6, 6.07) is 15.1. The second-order valence-corrected chi connectivity index (χ2v) is 7.37. The van der Waals surface area contributed by atoms with Gasteiger partial charge in [-0.05, 0) is 35.2 Å². The van der Waals surface area contributed by atoms with Gasteiger partial charge >= 0.3 is 0 Å². The fraction of sp³-hybridized carbons (Fsp3) is 0.381. The third-order valence-corrected chi connectivity index (χ3v) is 5.79. The van der Waals surface area contributed by atoms with Crippen LogP contribution in [0, 0.1) is 5.82 Å². The molecule has 26 heavy (non-hydrogen) atoms. The highest BCUT2D eigenvalue weighted by Gasteiger charge is 2.64. The van der Waals surface area contributed by atoms with Crippen LogP contribution in [-0.2, 0) is 20.7 Å². The molecule has 1 unspecified atom stereocenters. The van der Waals surface area contributed by atoms with Gasteiger partial charge in [-0.25, -0.2) is 4.39 Å². The fourth-order valence-electron chi connectivity index (χ4n) is 4.46. The van der Waals surface area contributed by atoms with E-state index in [-0.39, 0.29) is 29.8 Å². The molecular weight excluding hydrogens is 333 g/mol. The normalized spacial score (nSPS) is 33.2. The lowest BCUT2D eigenvalue weighted by molar-refractivity contribution is -0.115. The number of halogens is 1. The Morgan fingerprint density at radius 1 is 1.15 bits per heavy atom. The molecule has 0 radical (unpaired) electrons. The van der Waals surface area contributed by atoms with Crippen molar-refractivity contribution in [2.75, 3.05) is 13.2 Å². The zero-order valence-electron chi connectivity index (χ0n) is 14.3. The highest BCUT2D eigenvalue weighted by atomic mass is 19.1. The van der Waals surface area contributed by atoms with Gasteiger partial charge in [0.15, 0.2) is 0 Å². The second kappa shape index (κ2) is 5.98. The number of benzene rings is 2. The van der Waals surface area contributed by atoms with E-state index < -0.39 is 0 Å². The van der Waals surface area contributed by atoms with Crippen molar-refractivity contribution in [1.29, 1.82) is 0 Å². The topological polar surface area (TPSA) is 42.1 Å². The molecule has 134 valence electrons. The van der Waals surface area contributed by atoms with Gasteiger partial charge in [0.1, 0.15) is 30.0 Å². The van der Waals surface area contributed by atoms with Gasteiger partial charge in [0.05, 0.1) is 12.6 Å². The van der Waals surface area contributed by atoms with E-state index in [1.54, 1.807) is 0 Å². The highest BCUT2D eigenvalue weighted by molar-refractivity contribution is 5.57. The minimum absolute atomic E-state index is 0.0141. The molecule has 4 nitrogen and oxygen atoms in total. The Morgan fingerprint density at radius 3 is 2.73 bits per heavy atom. The van der Waals surface area contributed by atoms with Crippen molar-refractivity contribution in [3.63, 3.8) is 0 Å². The van der Waals surface area contributed by atoms with Gasteiger partial charge in [-0.15, -0.1) is 0 Å². The maximum absolute atomic E-state index is 13.5. The van der Waals surface area contributed by atoms with E-state index in [9.17, 15) is 9.18 Å². The Hall–Kier alpha value is -2.08. The number of nitrogens with zero attached hydrogens (tertiary/aromatic N) is 1. The minimum atomic E-state index is -0.379. The van der Waals surface area contributed by atoms with E-state index in [1.165, 1.54) is 23.3 Å². The summed E-state index contributed by atoms with van der Waals surface area (Å²) in [5.41, 5.74) is 3.23. The molecule has 0 aromatic heterocycles. The Balaban J connectivity index is 1.51. The minimum Gasteiger partial charge on any atom is -0.367 e. The molecule has 3 heterocycles. The standard InChI is InChI=1S/C21H20FNO3/c22-16-7-5-15(6-8-16)19-18-4-2-1-3-14(18)9-10-23(19)20-21(26-20)11-17(12-24)25-13-21/h1-8,12,17,19-20H,9-11,13H2/t17-,19+,20?,21-/m1/s1. The van der Waals surface area contributed by atoms with Gasteiger partial charge in [-0.3, -0.25) is 4.90 Å². The molecule has 2 aromatic carbocycles. The summed E-state index contributed by atoms with van der Waals surface area (Å²) in [4.78, 5) is 13.4. The molecule has 1 spiro atoms. The molecule has 2 saturated heterocycles. The molecule has 0 amide bonds. The number of rotatable bonds is 3. The first kappa shape index (κ1) is 16.1. The molecular formula is C21H20FNO3. The van der Waals surface area contributed by atoms with Crippen molar-refractivity contribution >= 4 is 6.29 Å². The summed E-state index contributed by atoms with van der Waals surface area (Å²) in [7, 11) is 0. The average molecular weight is 353 g/mol. The Bertz CT molecular complexity index is 839. The lowest BCUT2D eigenvalue weighted by Crippen LogP contribution is -2.41. The van der Waals surface area contributed by atoms with Gasteiger partial charge in [0, 0.05) is 13.0 Å². The fourth-order valence-corrected chi connectivity index (χ4v) is 4.46. The van der Waals surface area contributed by atoms with Crippen molar-refractivity contribution in [2.45, 2.75) is 36.8 Å². The van der Waals surface area contributed by atoms with Crippen LogP contribution in [0.3, 0.4) is 0 Å². The Labute approximate surface area is 151 Å². The Kier molecular flexibility index (Phi) is 3.71. The van der Waals surface area contributed by atoms with E-state index in [0.29, 0.717) is 13.0 Å². The summed E-state index contributed by atoms with van der Waals surface area (Å²) < 4.78 is 25.1. The number of ether oxygens (including phenoxy) is 2. The summed E-state index contributed by atoms with van der Waals surface area (Å²) in [6.07, 6.45) is 1.96. The van der Waals surface area contributed by atoms with Crippen LogP contribution >= 0.6 is 0 Å². The zero-order valence-corrected chi connectivity index (χ0v) is 14.3. The lowest BCUT2D eigenvalue weighted by Gasteiger charge is -2.37. The van der Waals surface area contributed by atoms with E-state index >= 15 is 0 Å². The van der Waals surface area contributed by atoms with Gasteiger partial charge in [-0.1, -0.05) is 36.4 Å². The second-order valence-electron chi connectivity index (χ2n) is 7.37. The van der Waals surface area contributed by atoms with Crippen molar-refractivity contribution in [3.05, 3.63) is 71.0 Å². The molecule has 0 N–H and O–H groups in total. The first-order valence-electron chi connectivity index (χ1n) is 9.04. The summed E-state index contributed by atoms with van der Waals surface area (Å²) in [5, 5.41) is 0. The first-order chi connectivity index (χ1) is 12.7. The van der Waals surface area contributed by atoms with Crippen LogP contribution in [0.15, 0.2) is 48.5 Å².